The zero-order chi connectivity index (χ0) is 7.84. The van der Waals surface area contributed by atoms with Crippen molar-refractivity contribution in [1.29, 1.82) is 0 Å². The van der Waals surface area contributed by atoms with Crippen LogP contribution in [0.1, 0.15) is 30.9 Å². The van der Waals surface area contributed by atoms with Crippen molar-refractivity contribution in [1.82, 2.24) is 9.78 Å². The van der Waals surface area contributed by atoms with Gasteiger partial charge in [0.15, 0.2) is 0 Å². The van der Waals surface area contributed by atoms with E-state index in [1.807, 2.05) is 17.9 Å². The van der Waals surface area contributed by atoms with E-state index in [0.717, 1.165) is 5.92 Å². The molecule has 3 heteroatoms. The van der Waals surface area contributed by atoms with Crippen LogP contribution in [0.5, 0.6) is 0 Å². The first-order chi connectivity index (χ1) is 5.27. The molecular formula is C8H11BrN2. The van der Waals surface area contributed by atoms with Crippen molar-refractivity contribution >= 4 is 15.9 Å². The first-order valence-electron chi connectivity index (χ1n) is 3.96. The average Bonchev–Trinajstić information content (AvgIpc) is 2.07. The first-order valence-corrected chi connectivity index (χ1v) is 4.75. The maximum absolute atomic E-state index is 4.40. The number of halogens is 1. The van der Waals surface area contributed by atoms with Crippen LogP contribution in [0.15, 0.2) is 10.7 Å². The van der Waals surface area contributed by atoms with Crippen molar-refractivity contribution in [3.63, 3.8) is 0 Å². The number of hydrogen-bond donors (Lipinski definition) is 0. The summed E-state index contributed by atoms with van der Waals surface area (Å²) in [5.41, 5.74) is 1.25. The molecule has 1 aromatic rings. The molecule has 0 unspecified atom stereocenters. The van der Waals surface area contributed by atoms with E-state index < -0.39 is 0 Å². The third kappa shape index (κ3) is 1.22. The number of nitrogens with zero attached hydrogens (tertiary/aromatic N) is 2. The molecule has 0 aromatic carbocycles. The second-order valence-electron chi connectivity index (χ2n) is 3.16. The van der Waals surface area contributed by atoms with Gasteiger partial charge in [-0.1, -0.05) is 6.42 Å². The van der Waals surface area contributed by atoms with Crippen molar-refractivity contribution in [3.05, 3.63) is 16.4 Å². The fourth-order valence-electron chi connectivity index (χ4n) is 1.44. The topological polar surface area (TPSA) is 17.8 Å². The van der Waals surface area contributed by atoms with Crippen molar-refractivity contribution in [2.75, 3.05) is 0 Å². The minimum atomic E-state index is 0.727. The molecule has 0 amide bonds. The minimum absolute atomic E-state index is 0.727. The summed E-state index contributed by atoms with van der Waals surface area (Å²) in [5.74, 6) is 0.727. The van der Waals surface area contributed by atoms with E-state index in [0.29, 0.717) is 0 Å². The zero-order valence-electron chi connectivity index (χ0n) is 6.55. The molecule has 0 N–H and O–H groups in total. The normalized spacial score (nSPS) is 18.4. The van der Waals surface area contributed by atoms with E-state index in [2.05, 4.69) is 21.0 Å². The molecule has 0 radical (unpaired) electrons. The largest absolute Gasteiger partial charge is 0.274 e. The van der Waals surface area contributed by atoms with Crippen LogP contribution in [0.25, 0.3) is 0 Å². The van der Waals surface area contributed by atoms with E-state index in [-0.39, 0.29) is 0 Å². The van der Waals surface area contributed by atoms with Gasteiger partial charge in [0.05, 0.1) is 10.2 Å². The lowest BCUT2D eigenvalue weighted by molar-refractivity contribution is 0.406. The Bertz CT molecular complexity index is 263. The summed E-state index contributed by atoms with van der Waals surface area (Å²) in [7, 11) is 1.97. The Morgan fingerprint density at radius 2 is 2.36 bits per heavy atom. The van der Waals surface area contributed by atoms with E-state index in [9.17, 15) is 0 Å². The summed E-state index contributed by atoms with van der Waals surface area (Å²) in [6, 6.07) is 0. The van der Waals surface area contributed by atoms with E-state index in [1.165, 1.54) is 29.4 Å². The summed E-state index contributed by atoms with van der Waals surface area (Å²) in [4.78, 5) is 0. The van der Waals surface area contributed by atoms with Crippen molar-refractivity contribution in [2.45, 2.75) is 25.2 Å². The quantitative estimate of drug-likeness (QED) is 0.703. The van der Waals surface area contributed by atoms with E-state index in [4.69, 9.17) is 0 Å². The van der Waals surface area contributed by atoms with Gasteiger partial charge >= 0.3 is 0 Å². The van der Waals surface area contributed by atoms with Crippen molar-refractivity contribution < 1.29 is 0 Å². The number of rotatable bonds is 1. The Kier molecular flexibility index (Phi) is 1.75. The molecule has 0 aliphatic heterocycles. The van der Waals surface area contributed by atoms with Crippen LogP contribution in [-0.4, -0.2) is 9.78 Å². The average molecular weight is 215 g/mol. The summed E-state index contributed by atoms with van der Waals surface area (Å²) < 4.78 is 3.04. The lowest BCUT2D eigenvalue weighted by Gasteiger charge is -2.23. The van der Waals surface area contributed by atoms with Gasteiger partial charge in [-0.2, -0.15) is 5.10 Å². The van der Waals surface area contributed by atoms with Gasteiger partial charge in [0.25, 0.3) is 0 Å². The number of hydrogen-bond acceptors (Lipinski definition) is 1. The first kappa shape index (κ1) is 7.35. The lowest BCUT2D eigenvalue weighted by atomic mass is 9.83. The molecule has 2 nitrogen and oxygen atoms in total. The molecule has 1 aromatic heterocycles. The highest BCUT2D eigenvalue weighted by Crippen LogP contribution is 2.38. The van der Waals surface area contributed by atoms with Crippen LogP contribution in [0.2, 0.25) is 0 Å². The van der Waals surface area contributed by atoms with Gasteiger partial charge < -0.3 is 0 Å². The highest BCUT2D eigenvalue weighted by molar-refractivity contribution is 9.10. The molecular weight excluding hydrogens is 204 g/mol. The Labute approximate surface area is 74.7 Å². The molecule has 0 bridgehead atoms. The zero-order valence-corrected chi connectivity index (χ0v) is 8.13. The van der Waals surface area contributed by atoms with Crippen molar-refractivity contribution in [3.8, 4) is 0 Å². The summed E-state index contributed by atoms with van der Waals surface area (Å²) >= 11 is 3.51. The molecule has 11 heavy (non-hydrogen) atoms. The number of aryl methyl sites for hydroxylation is 1. The second-order valence-corrected chi connectivity index (χ2v) is 4.02. The van der Waals surface area contributed by atoms with Crippen LogP contribution in [0.3, 0.4) is 0 Å². The van der Waals surface area contributed by atoms with Gasteiger partial charge in [0, 0.05) is 19.2 Å². The van der Waals surface area contributed by atoms with Gasteiger partial charge in [-0.3, -0.25) is 4.68 Å². The predicted octanol–water partition coefficient (Wildman–Crippen LogP) is 2.45. The molecule has 1 heterocycles. The highest BCUT2D eigenvalue weighted by Gasteiger charge is 2.23. The molecule has 1 saturated carbocycles. The Balaban J connectivity index is 2.28. The molecule has 0 spiro atoms. The molecule has 60 valence electrons. The summed E-state index contributed by atoms with van der Waals surface area (Å²) in [5, 5.41) is 4.40. The fourth-order valence-corrected chi connectivity index (χ4v) is 2.13. The number of aromatic nitrogens is 2. The van der Waals surface area contributed by atoms with Crippen LogP contribution >= 0.6 is 15.9 Å². The summed E-state index contributed by atoms with van der Waals surface area (Å²) in [6.45, 7) is 0. The minimum Gasteiger partial charge on any atom is -0.274 e. The molecule has 2 rings (SSSR count). The van der Waals surface area contributed by atoms with Crippen LogP contribution in [0, 0.1) is 0 Å². The van der Waals surface area contributed by atoms with Gasteiger partial charge in [0.2, 0.25) is 0 Å². The Morgan fingerprint density at radius 1 is 1.64 bits per heavy atom. The van der Waals surface area contributed by atoms with Crippen molar-refractivity contribution in [2.24, 2.45) is 7.05 Å². The highest BCUT2D eigenvalue weighted by atomic mass is 79.9. The Hall–Kier alpha value is -0.310. The second kappa shape index (κ2) is 2.63. The third-order valence-electron chi connectivity index (χ3n) is 2.30. The van der Waals surface area contributed by atoms with Crippen LogP contribution in [0.4, 0.5) is 0 Å². The molecule has 1 aliphatic rings. The van der Waals surface area contributed by atoms with Gasteiger partial charge in [-0.25, -0.2) is 0 Å². The molecule has 0 saturated heterocycles. The SMILES string of the molecule is Cn1cc(Br)c(C2CCC2)n1. The van der Waals surface area contributed by atoms with Gasteiger partial charge in [0.1, 0.15) is 0 Å². The molecule has 1 aliphatic carbocycles. The summed E-state index contributed by atoms with van der Waals surface area (Å²) in [6.07, 6.45) is 6.02. The molecule has 1 fully saturated rings. The fraction of sp³-hybridized carbons (Fsp3) is 0.625. The smallest absolute Gasteiger partial charge is 0.0797 e. The van der Waals surface area contributed by atoms with Gasteiger partial charge in [-0.05, 0) is 28.8 Å². The lowest BCUT2D eigenvalue weighted by Crippen LogP contribution is -2.10. The molecule has 0 atom stereocenters. The predicted molar refractivity (Wildman–Crippen MR) is 47.5 cm³/mol. The maximum Gasteiger partial charge on any atom is 0.0797 e. The van der Waals surface area contributed by atoms with Gasteiger partial charge in [-0.15, -0.1) is 0 Å². The monoisotopic (exact) mass is 214 g/mol. The standard InChI is InChI=1S/C8H11BrN2/c1-11-5-7(9)8(10-11)6-3-2-4-6/h5-6H,2-4H2,1H3. The van der Waals surface area contributed by atoms with Crippen LogP contribution in [-0.2, 0) is 7.05 Å². The van der Waals surface area contributed by atoms with E-state index >= 15 is 0 Å². The Morgan fingerprint density at radius 3 is 2.73 bits per heavy atom. The maximum atomic E-state index is 4.40. The van der Waals surface area contributed by atoms with E-state index in [1.54, 1.807) is 0 Å². The van der Waals surface area contributed by atoms with Crippen LogP contribution < -0.4 is 0 Å². The third-order valence-corrected chi connectivity index (χ3v) is 2.91.